The maximum Gasteiger partial charge on any atom is 0.338 e. The van der Waals surface area contributed by atoms with Crippen LogP contribution in [0.25, 0.3) is 0 Å². The quantitative estimate of drug-likeness (QED) is 0.622. The Balaban J connectivity index is 3.25. The molecule has 3 nitrogen and oxygen atoms in total. The first kappa shape index (κ1) is 11.3. The molecule has 0 saturated heterocycles. The van der Waals surface area contributed by atoms with Crippen LogP contribution in [-0.4, -0.2) is 13.1 Å². The molecule has 0 heterocycles. The molecule has 0 amide bonds. The number of esters is 1. The van der Waals surface area contributed by atoms with Gasteiger partial charge in [-0.1, -0.05) is 0 Å². The Morgan fingerprint density at radius 3 is 2.14 bits per heavy atom. The molecule has 0 aliphatic carbocycles. The Hall–Kier alpha value is -0.780. The smallest absolute Gasteiger partial charge is 0.338 e. The number of aryl methyl sites for hydroxylation is 2. The molecule has 0 radical (unpaired) electrons. The van der Waals surface area contributed by atoms with Gasteiger partial charge >= 0.3 is 5.97 Å². The zero-order valence-corrected chi connectivity index (χ0v) is 10.4. The molecule has 1 rings (SSSR count). The number of methoxy groups -OCH3 is 1. The van der Waals surface area contributed by atoms with Crippen molar-refractivity contribution >= 4 is 29.0 Å². The van der Waals surface area contributed by atoms with Gasteiger partial charge in [0.05, 0.1) is 12.7 Å². The third-order valence-electron chi connectivity index (χ3n) is 1.98. The molecule has 0 aliphatic rings. The summed E-state index contributed by atoms with van der Waals surface area (Å²) < 4.78 is 9.75. The SMILES string of the molecule is COC(=O)c1c(C)cc(OI)cc1C. The summed E-state index contributed by atoms with van der Waals surface area (Å²) in [6, 6.07) is 3.62. The van der Waals surface area contributed by atoms with Crippen LogP contribution in [0.5, 0.6) is 5.75 Å². The lowest BCUT2D eigenvalue weighted by atomic mass is 10.0. The highest BCUT2D eigenvalue weighted by Gasteiger charge is 2.13. The lowest BCUT2D eigenvalue weighted by molar-refractivity contribution is 0.0599. The van der Waals surface area contributed by atoms with E-state index in [0.29, 0.717) is 5.56 Å². The minimum Gasteiger partial charge on any atom is -0.465 e. The van der Waals surface area contributed by atoms with Crippen LogP contribution in [0.4, 0.5) is 0 Å². The van der Waals surface area contributed by atoms with E-state index in [0.717, 1.165) is 16.9 Å². The Morgan fingerprint density at radius 2 is 1.79 bits per heavy atom. The second-order valence-electron chi connectivity index (χ2n) is 3.00. The highest BCUT2D eigenvalue weighted by molar-refractivity contribution is 14.1. The fraction of sp³-hybridized carbons (Fsp3) is 0.300. The van der Waals surface area contributed by atoms with Crippen molar-refractivity contribution in [2.24, 2.45) is 0 Å². The van der Waals surface area contributed by atoms with Gasteiger partial charge in [-0.05, 0) is 37.1 Å². The van der Waals surface area contributed by atoms with Gasteiger partial charge in [-0.3, -0.25) is 0 Å². The van der Waals surface area contributed by atoms with Gasteiger partial charge < -0.3 is 7.80 Å². The molecule has 0 unspecified atom stereocenters. The van der Waals surface area contributed by atoms with E-state index in [1.54, 1.807) is 0 Å². The number of benzene rings is 1. The molecule has 1 aromatic rings. The van der Waals surface area contributed by atoms with E-state index in [4.69, 9.17) is 3.07 Å². The van der Waals surface area contributed by atoms with Crippen molar-refractivity contribution < 1.29 is 12.6 Å². The van der Waals surface area contributed by atoms with Gasteiger partial charge in [0, 0.05) is 0 Å². The summed E-state index contributed by atoms with van der Waals surface area (Å²) in [5.41, 5.74) is 2.34. The number of rotatable bonds is 2. The average Bonchev–Trinajstić information content (AvgIpc) is 2.16. The van der Waals surface area contributed by atoms with Crippen molar-refractivity contribution in [3.8, 4) is 5.75 Å². The van der Waals surface area contributed by atoms with E-state index in [1.165, 1.54) is 7.11 Å². The highest BCUT2D eigenvalue weighted by atomic mass is 127. The summed E-state index contributed by atoms with van der Waals surface area (Å²) >= 11 is 1.81. The van der Waals surface area contributed by atoms with Gasteiger partial charge in [0.25, 0.3) is 0 Å². The molecule has 14 heavy (non-hydrogen) atoms. The van der Waals surface area contributed by atoms with Gasteiger partial charge in [0.1, 0.15) is 5.75 Å². The second kappa shape index (κ2) is 4.63. The molecule has 0 aliphatic heterocycles. The van der Waals surface area contributed by atoms with Crippen LogP contribution in [0, 0.1) is 13.8 Å². The average molecular weight is 306 g/mol. The molecule has 0 N–H and O–H groups in total. The fourth-order valence-electron chi connectivity index (χ4n) is 1.39. The molecule has 76 valence electrons. The number of hydrogen-bond acceptors (Lipinski definition) is 3. The topological polar surface area (TPSA) is 35.5 Å². The maximum atomic E-state index is 11.4. The first-order valence-electron chi connectivity index (χ1n) is 4.08. The van der Waals surface area contributed by atoms with Crippen molar-refractivity contribution in [2.75, 3.05) is 7.11 Å². The monoisotopic (exact) mass is 306 g/mol. The summed E-state index contributed by atoms with van der Waals surface area (Å²) in [5.74, 6) is 0.438. The number of ether oxygens (including phenoxy) is 1. The number of halogens is 1. The summed E-state index contributed by atoms with van der Waals surface area (Å²) in [4.78, 5) is 11.4. The molecular formula is C10H11IO3. The second-order valence-corrected chi connectivity index (χ2v) is 3.44. The molecule has 4 heteroatoms. The lowest BCUT2D eigenvalue weighted by Gasteiger charge is -2.08. The fourth-order valence-corrected chi connectivity index (χ4v) is 1.65. The molecule has 0 aromatic heterocycles. The summed E-state index contributed by atoms with van der Waals surface area (Å²) in [5, 5.41) is 0. The van der Waals surface area contributed by atoms with Crippen LogP contribution >= 0.6 is 23.0 Å². The van der Waals surface area contributed by atoms with Gasteiger partial charge in [0.15, 0.2) is 23.0 Å². The van der Waals surface area contributed by atoms with Crippen LogP contribution in [-0.2, 0) is 4.74 Å². The van der Waals surface area contributed by atoms with Crippen LogP contribution in [0.15, 0.2) is 12.1 Å². The van der Waals surface area contributed by atoms with Gasteiger partial charge in [-0.25, -0.2) is 4.79 Å². The Morgan fingerprint density at radius 1 is 1.29 bits per heavy atom. The van der Waals surface area contributed by atoms with Crippen LogP contribution < -0.4 is 3.07 Å². The van der Waals surface area contributed by atoms with Crippen LogP contribution in [0.3, 0.4) is 0 Å². The largest absolute Gasteiger partial charge is 0.465 e. The van der Waals surface area contributed by atoms with Crippen molar-refractivity contribution in [1.29, 1.82) is 0 Å². The first-order valence-corrected chi connectivity index (χ1v) is 4.96. The number of carbonyl (C=O) groups is 1. The van der Waals surface area contributed by atoms with Crippen LogP contribution in [0.2, 0.25) is 0 Å². The Labute approximate surface area is 97.1 Å². The third-order valence-corrected chi connectivity index (χ3v) is 2.49. The minimum absolute atomic E-state index is 0.306. The van der Waals surface area contributed by atoms with Gasteiger partial charge in [0.2, 0.25) is 0 Å². The summed E-state index contributed by atoms with van der Waals surface area (Å²) in [6.45, 7) is 3.72. The summed E-state index contributed by atoms with van der Waals surface area (Å²) in [6.07, 6.45) is 0. The first-order chi connectivity index (χ1) is 6.60. The zero-order chi connectivity index (χ0) is 10.7. The van der Waals surface area contributed by atoms with Crippen LogP contribution in [0.1, 0.15) is 21.5 Å². The minimum atomic E-state index is -0.306. The Kier molecular flexibility index (Phi) is 3.74. The van der Waals surface area contributed by atoms with Crippen molar-refractivity contribution in [3.05, 3.63) is 28.8 Å². The molecule has 0 bridgehead atoms. The Bertz CT molecular complexity index is 337. The normalized spacial score (nSPS) is 9.71. The molecule has 0 atom stereocenters. The molecule has 0 saturated carbocycles. The molecular weight excluding hydrogens is 295 g/mol. The van der Waals surface area contributed by atoms with Crippen molar-refractivity contribution in [1.82, 2.24) is 0 Å². The van der Waals surface area contributed by atoms with Gasteiger partial charge in [-0.15, -0.1) is 0 Å². The predicted octanol–water partition coefficient (Wildman–Crippen LogP) is 2.82. The maximum absolute atomic E-state index is 11.4. The van der Waals surface area contributed by atoms with E-state index >= 15 is 0 Å². The number of hydrogen-bond donors (Lipinski definition) is 0. The molecule has 1 aromatic carbocycles. The zero-order valence-electron chi connectivity index (χ0n) is 8.26. The van der Waals surface area contributed by atoms with E-state index in [9.17, 15) is 4.79 Å². The van der Waals surface area contributed by atoms with Crippen molar-refractivity contribution in [3.63, 3.8) is 0 Å². The standard InChI is InChI=1S/C10H11IO3/c1-6-4-8(14-11)5-7(2)9(6)10(12)13-3/h4-5H,1-3H3. The number of carbonyl (C=O) groups excluding carboxylic acids is 1. The van der Waals surface area contributed by atoms with Gasteiger partial charge in [-0.2, -0.15) is 0 Å². The van der Waals surface area contributed by atoms with E-state index in [-0.39, 0.29) is 5.97 Å². The lowest BCUT2D eigenvalue weighted by Crippen LogP contribution is -2.06. The third kappa shape index (κ3) is 2.17. The predicted molar refractivity (Wildman–Crippen MR) is 61.9 cm³/mol. The summed E-state index contributed by atoms with van der Waals surface area (Å²) in [7, 11) is 1.38. The van der Waals surface area contributed by atoms with E-state index in [1.807, 2.05) is 49.0 Å². The highest BCUT2D eigenvalue weighted by Crippen LogP contribution is 2.23. The molecule has 0 fully saturated rings. The molecule has 0 spiro atoms. The van der Waals surface area contributed by atoms with E-state index < -0.39 is 0 Å². The van der Waals surface area contributed by atoms with E-state index in [2.05, 4.69) is 4.74 Å². The van der Waals surface area contributed by atoms with Crippen molar-refractivity contribution in [2.45, 2.75) is 13.8 Å².